The summed E-state index contributed by atoms with van der Waals surface area (Å²) in [5, 5.41) is 1.75. The zero-order valence-electron chi connectivity index (χ0n) is 14.8. The standard InChI is InChI=1S/C20H21ClN2O2S/c1-14-11-15(7-8-18(14)21)26(24,25)23(2)13-20(9-10-20)17-12-22-19-6-4-3-5-16(17)19/h3-8,11-12,22H,9-10,13H2,1-2H3. The molecule has 1 fully saturated rings. The fraction of sp³-hybridized carbons (Fsp3) is 0.300. The highest BCUT2D eigenvalue weighted by molar-refractivity contribution is 7.89. The largest absolute Gasteiger partial charge is 0.361 e. The molecule has 26 heavy (non-hydrogen) atoms. The van der Waals surface area contributed by atoms with Crippen molar-refractivity contribution in [1.82, 2.24) is 9.29 Å². The Labute approximate surface area is 158 Å². The topological polar surface area (TPSA) is 53.2 Å². The van der Waals surface area contributed by atoms with Crippen molar-refractivity contribution in [3.63, 3.8) is 0 Å². The summed E-state index contributed by atoms with van der Waals surface area (Å²) in [7, 11) is -1.89. The minimum Gasteiger partial charge on any atom is -0.361 e. The van der Waals surface area contributed by atoms with Gasteiger partial charge in [0, 0.05) is 41.1 Å². The van der Waals surface area contributed by atoms with Crippen LogP contribution in [-0.2, 0) is 15.4 Å². The number of para-hydroxylation sites is 1. The quantitative estimate of drug-likeness (QED) is 0.700. The molecule has 0 amide bonds. The first-order valence-electron chi connectivity index (χ1n) is 8.63. The number of aromatic nitrogens is 1. The van der Waals surface area contributed by atoms with Crippen LogP contribution in [0.15, 0.2) is 53.6 Å². The highest BCUT2D eigenvalue weighted by Gasteiger charge is 2.48. The van der Waals surface area contributed by atoms with Crippen molar-refractivity contribution in [2.75, 3.05) is 13.6 Å². The zero-order chi connectivity index (χ0) is 18.5. The van der Waals surface area contributed by atoms with Crippen LogP contribution in [0.1, 0.15) is 24.0 Å². The Hall–Kier alpha value is -1.82. The summed E-state index contributed by atoms with van der Waals surface area (Å²) in [5.41, 5.74) is 2.96. The highest BCUT2D eigenvalue weighted by atomic mass is 35.5. The summed E-state index contributed by atoms with van der Waals surface area (Å²) in [6.07, 6.45) is 4.02. The number of aromatic amines is 1. The lowest BCUT2D eigenvalue weighted by molar-refractivity contribution is 0.428. The van der Waals surface area contributed by atoms with E-state index in [-0.39, 0.29) is 10.3 Å². The lowest BCUT2D eigenvalue weighted by atomic mass is 9.95. The van der Waals surface area contributed by atoms with Crippen LogP contribution < -0.4 is 0 Å². The molecule has 0 atom stereocenters. The smallest absolute Gasteiger partial charge is 0.242 e. The number of fused-ring (bicyclic) bond motifs is 1. The lowest BCUT2D eigenvalue weighted by Gasteiger charge is -2.24. The Morgan fingerprint density at radius 1 is 1.19 bits per heavy atom. The molecule has 0 aliphatic heterocycles. The summed E-state index contributed by atoms with van der Waals surface area (Å²) < 4.78 is 27.5. The first kappa shape index (κ1) is 17.6. The number of halogens is 1. The van der Waals surface area contributed by atoms with Gasteiger partial charge in [0.25, 0.3) is 0 Å². The van der Waals surface area contributed by atoms with Gasteiger partial charge in [0.1, 0.15) is 0 Å². The predicted molar refractivity (Wildman–Crippen MR) is 105 cm³/mol. The number of H-pyrrole nitrogens is 1. The van der Waals surface area contributed by atoms with Gasteiger partial charge in [0.05, 0.1) is 4.90 Å². The van der Waals surface area contributed by atoms with Crippen molar-refractivity contribution < 1.29 is 8.42 Å². The molecule has 3 aromatic rings. The van der Waals surface area contributed by atoms with E-state index in [0.717, 1.165) is 23.9 Å². The molecule has 1 heterocycles. The molecule has 2 aromatic carbocycles. The van der Waals surface area contributed by atoms with Gasteiger partial charge in [-0.05, 0) is 55.2 Å². The van der Waals surface area contributed by atoms with Gasteiger partial charge in [-0.3, -0.25) is 0 Å². The highest BCUT2D eigenvalue weighted by Crippen LogP contribution is 2.51. The minimum atomic E-state index is -3.55. The SMILES string of the molecule is Cc1cc(S(=O)(=O)N(C)CC2(c3c[nH]c4ccccc34)CC2)ccc1Cl. The van der Waals surface area contributed by atoms with Gasteiger partial charge >= 0.3 is 0 Å². The molecule has 1 aliphatic carbocycles. The van der Waals surface area contributed by atoms with Gasteiger partial charge < -0.3 is 4.98 Å². The van der Waals surface area contributed by atoms with Crippen molar-refractivity contribution in [2.24, 2.45) is 0 Å². The molecule has 1 N–H and O–H groups in total. The van der Waals surface area contributed by atoms with E-state index in [0.29, 0.717) is 11.6 Å². The second-order valence-electron chi connectivity index (χ2n) is 7.20. The van der Waals surface area contributed by atoms with Gasteiger partial charge in [0.15, 0.2) is 0 Å². The molecule has 0 bridgehead atoms. The maximum atomic E-state index is 13.0. The maximum Gasteiger partial charge on any atom is 0.242 e. The number of benzene rings is 2. The summed E-state index contributed by atoms with van der Waals surface area (Å²) in [5.74, 6) is 0. The van der Waals surface area contributed by atoms with Crippen LogP contribution in [-0.4, -0.2) is 31.3 Å². The van der Waals surface area contributed by atoms with E-state index < -0.39 is 10.0 Å². The Balaban J connectivity index is 1.65. The average Bonchev–Trinajstić information content (AvgIpc) is 3.25. The molecule has 1 saturated carbocycles. The van der Waals surface area contributed by atoms with Gasteiger partial charge in [0.2, 0.25) is 10.0 Å². The number of nitrogens with one attached hydrogen (secondary N) is 1. The van der Waals surface area contributed by atoms with Gasteiger partial charge in [-0.25, -0.2) is 12.7 Å². The van der Waals surface area contributed by atoms with Crippen molar-refractivity contribution in [3.05, 3.63) is 64.8 Å². The molecule has 0 spiro atoms. The van der Waals surface area contributed by atoms with Crippen molar-refractivity contribution >= 4 is 32.5 Å². The summed E-state index contributed by atoms with van der Waals surface area (Å²) in [4.78, 5) is 3.60. The van der Waals surface area contributed by atoms with E-state index in [4.69, 9.17) is 11.6 Å². The molecule has 0 radical (unpaired) electrons. The third kappa shape index (κ3) is 2.84. The predicted octanol–water partition coefficient (Wildman–Crippen LogP) is 4.48. The van der Waals surface area contributed by atoms with E-state index in [1.165, 1.54) is 15.3 Å². The Kier molecular flexibility index (Phi) is 4.14. The third-order valence-electron chi connectivity index (χ3n) is 5.38. The van der Waals surface area contributed by atoms with E-state index in [1.54, 1.807) is 25.2 Å². The molecule has 4 nitrogen and oxygen atoms in total. The van der Waals surface area contributed by atoms with E-state index >= 15 is 0 Å². The molecule has 1 aliphatic rings. The molecule has 136 valence electrons. The zero-order valence-corrected chi connectivity index (χ0v) is 16.4. The second-order valence-corrected chi connectivity index (χ2v) is 9.65. The van der Waals surface area contributed by atoms with Gasteiger partial charge in [-0.15, -0.1) is 0 Å². The second kappa shape index (κ2) is 6.12. The monoisotopic (exact) mass is 388 g/mol. The van der Waals surface area contributed by atoms with Gasteiger partial charge in [-0.1, -0.05) is 29.8 Å². The molecule has 1 aromatic heterocycles. The van der Waals surface area contributed by atoms with Gasteiger partial charge in [-0.2, -0.15) is 0 Å². The van der Waals surface area contributed by atoms with E-state index in [9.17, 15) is 8.42 Å². The lowest BCUT2D eigenvalue weighted by Crippen LogP contribution is -2.34. The number of hydrogen-bond acceptors (Lipinski definition) is 2. The number of aryl methyl sites for hydroxylation is 1. The minimum absolute atomic E-state index is 0.108. The number of hydrogen-bond donors (Lipinski definition) is 1. The molecular weight excluding hydrogens is 368 g/mol. The normalized spacial score (nSPS) is 16.3. The number of sulfonamides is 1. The van der Waals surface area contributed by atoms with Crippen molar-refractivity contribution in [1.29, 1.82) is 0 Å². The molecule has 0 unspecified atom stereocenters. The summed E-state index contributed by atoms with van der Waals surface area (Å²) >= 11 is 6.04. The van der Waals surface area contributed by atoms with Crippen LogP contribution >= 0.6 is 11.6 Å². The van der Waals surface area contributed by atoms with Crippen molar-refractivity contribution in [2.45, 2.75) is 30.1 Å². The average molecular weight is 389 g/mol. The van der Waals surface area contributed by atoms with Crippen molar-refractivity contribution in [3.8, 4) is 0 Å². The number of nitrogens with zero attached hydrogens (tertiary/aromatic N) is 1. The summed E-state index contributed by atoms with van der Waals surface area (Å²) in [6.45, 7) is 2.29. The van der Waals surface area contributed by atoms with Crippen LogP contribution in [0.2, 0.25) is 5.02 Å². The molecule has 6 heteroatoms. The molecular formula is C20H21ClN2O2S. The van der Waals surface area contributed by atoms with Crippen LogP contribution in [0, 0.1) is 6.92 Å². The maximum absolute atomic E-state index is 13.0. The third-order valence-corrected chi connectivity index (χ3v) is 7.60. The van der Waals surface area contributed by atoms with Crippen LogP contribution in [0.4, 0.5) is 0 Å². The van der Waals surface area contributed by atoms with Crippen LogP contribution in [0.25, 0.3) is 10.9 Å². The van der Waals surface area contributed by atoms with Crippen LogP contribution in [0.3, 0.4) is 0 Å². The van der Waals surface area contributed by atoms with Crippen LogP contribution in [0.5, 0.6) is 0 Å². The molecule has 4 rings (SSSR count). The number of likely N-dealkylation sites (N-methyl/N-ethyl adjacent to an activating group) is 1. The fourth-order valence-electron chi connectivity index (χ4n) is 3.64. The Morgan fingerprint density at radius 2 is 1.92 bits per heavy atom. The Morgan fingerprint density at radius 3 is 2.62 bits per heavy atom. The van der Waals surface area contributed by atoms with E-state index in [1.807, 2.05) is 31.3 Å². The van der Waals surface area contributed by atoms with E-state index in [2.05, 4.69) is 11.1 Å². The fourth-order valence-corrected chi connectivity index (χ4v) is 5.10. The molecule has 0 saturated heterocycles. The first-order valence-corrected chi connectivity index (χ1v) is 10.4. The Bertz CT molecular complexity index is 1080. The number of rotatable bonds is 5. The first-order chi connectivity index (χ1) is 12.3. The summed E-state index contributed by atoms with van der Waals surface area (Å²) in [6, 6.07) is 13.0.